The van der Waals surface area contributed by atoms with Crippen molar-refractivity contribution in [1.82, 2.24) is 0 Å². The molecule has 2 N–H and O–H groups in total. The predicted molar refractivity (Wildman–Crippen MR) is 52.3 cm³/mol. The summed E-state index contributed by atoms with van der Waals surface area (Å²) in [4.78, 5) is 0. The average Bonchev–Trinajstić information content (AvgIpc) is 2.41. The zero-order valence-electron chi connectivity index (χ0n) is 7.46. The van der Waals surface area contributed by atoms with Crippen molar-refractivity contribution >= 4 is 12.4 Å². The fourth-order valence-electron chi connectivity index (χ4n) is 3.93. The molecular formula is C10H18ClN. The van der Waals surface area contributed by atoms with Crippen LogP contribution in [0.5, 0.6) is 0 Å². The molecule has 3 saturated carbocycles. The van der Waals surface area contributed by atoms with Gasteiger partial charge in [-0.3, -0.25) is 0 Å². The molecule has 3 fully saturated rings. The van der Waals surface area contributed by atoms with Crippen LogP contribution in [-0.4, -0.2) is 6.04 Å². The van der Waals surface area contributed by atoms with E-state index in [9.17, 15) is 0 Å². The van der Waals surface area contributed by atoms with E-state index in [1.54, 1.807) is 0 Å². The molecule has 3 aliphatic rings. The van der Waals surface area contributed by atoms with Crippen molar-refractivity contribution in [2.75, 3.05) is 0 Å². The Labute approximate surface area is 80.5 Å². The molecule has 2 bridgehead atoms. The van der Waals surface area contributed by atoms with E-state index in [-0.39, 0.29) is 12.4 Å². The fraction of sp³-hybridized carbons (Fsp3) is 1.00. The lowest BCUT2D eigenvalue weighted by Gasteiger charge is -2.49. The maximum absolute atomic E-state index is 6.26. The summed E-state index contributed by atoms with van der Waals surface area (Å²) in [6.07, 6.45) is 8.77. The van der Waals surface area contributed by atoms with Crippen molar-refractivity contribution in [3.05, 3.63) is 0 Å². The third-order valence-corrected chi connectivity index (χ3v) is 4.74. The molecule has 0 unspecified atom stereocenters. The van der Waals surface area contributed by atoms with Crippen LogP contribution in [0.2, 0.25) is 0 Å². The highest BCUT2D eigenvalue weighted by Crippen LogP contribution is 2.63. The SMILES string of the molecule is Cl.N[C@@H]1[C@@H]2CC[C@@H](C2)C12CCC2. The van der Waals surface area contributed by atoms with Crippen LogP contribution in [-0.2, 0) is 0 Å². The second-order valence-electron chi connectivity index (χ2n) is 4.88. The molecule has 1 spiro atoms. The molecule has 0 radical (unpaired) electrons. The van der Waals surface area contributed by atoms with E-state index < -0.39 is 0 Å². The van der Waals surface area contributed by atoms with Gasteiger partial charge in [-0.05, 0) is 49.4 Å². The lowest BCUT2D eigenvalue weighted by molar-refractivity contribution is 0.0340. The van der Waals surface area contributed by atoms with Crippen molar-refractivity contribution in [3.63, 3.8) is 0 Å². The van der Waals surface area contributed by atoms with Gasteiger partial charge in [-0.25, -0.2) is 0 Å². The van der Waals surface area contributed by atoms with Gasteiger partial charge in [0.15, 0.2) is 0 Å². The summed E-state index contributed by atoms with van der Waals surface area (Å²) in [5, 5.41) is 0. The first-order valence-electron chi connectivity index (χ1n) is 5.08. The highest BCUT2D eigenvalue weighted by atomic mass is 35.5. The monoisotopic (exact) mass is 187 g/mol. The van der Waals surface area contributed by atoms with Gasteiger partial charge in [0.25, 0.3) is 0 Å². The third kappa shape index (κ3) is 0.793. The van der Waals surface area contributed by atoms with Crippen molar-refractivity contribution < 1.29 is 0 Å². The van der Waals surface area contributed by atoms with Crippen LogP contribution in [0.25, 0.3) is 0 Å². The van der Waals surface area contributed by atoms with Crippen LogP contribution in [0.1, 0.15) is 38.5 Å². The molecule has 0 aromatic heterocycles. The van der Waals surface area contributed by atoms with Gasteiger partial charge in [-0.2, -0.15) is 0 Å². The first-order chi connectivity index (χ1) is 5.33. The van der Waals surface area contributed by atoms with Gasteiger partial charge in [-0.15, -0.1) is 12.4 Å². The quantitative estimate of drug-likeness (QED) is 0.619. The van der Waals surface area contributed by atoms with Crippen LogP contribution in [0.4, 0.5) is 0 Å². The van der Waals surface area contributed by atoms with Crippen molar-refractivity contribution in [1.29, 1.82) is 0 Å². The fourth-order valence-corrected chi connectivity index (χ4v) is 3.93. The summed E-state index contributed by atoms with van der Waals surface area (Å²) in [6, 6.07) is 0.593. The molecule has 0 aromatic rings. The largest absolute Gasteiger partial charge is 0.327 e. The number of halogens is 1. The Bertz CT molecular complexity index is 184. The standard InChI is InChI=1S/C10H17N.ClH/c11-9-7-2-3-8(6-7)10(9)4-1-5-10;/h7-9H,1-6,11H2;1H/t7-,8+,9-;/m1./s1. The van der Waals surface area contributed by atoms with E-state index in [0.29, 0.717) is 11.5 Å². The molecular weight excluding hydrogens is 170 g/mol. The summed E-state index contributed by atoms with van der Waals surface area (Å²) < 4.78 is 0. The molecule has 3 rings (SSSR count). The van der Waals surface area contributed by atoms with E-state index >= 15 is 0 Å². The molecule has 12 heavy (non-hydrogen) atoms. The summed E-state index contributed by atoms with van der Waals surface area (Å²) in [5.74, 6) is 1.96. The zero-order chi connectivity index (χ0) is 7.47. The molecule has 70 valence electrons. The minimum atomic E-state index is 0. The molecule has 0 amide bonds. The summed E-state index contributed by atoms with van der Waals surface area (Å²) in [7, 11) is 0. The maximum Gasteiger partial charge on any atom is 0.0127 e. The van der Waals surface area contributed by atoms with E-state index in [0.717, 1.165) is 11.8 Å². The first-order valence-corrected chi connectivity index (χ1v) is 5.08. The van der Waals surface area contributed by atoms with E-state index in [1.165, 1.54) is 38.5 Å². The minimum Gasteiger partial charge on any atom is -0.327 e. The second kappa shape index (κ2) is 2.62. The van der Waals surface area contributed by atoms with Crippen molar-refractivity contribution in [3.8, 4) is 0 Å². The number of nitrogens with two attached hydrogens (primary N) is 1. The molecule has 3 aliphatic carbocycles. The van der Waals surface area contributed by atoms with Crippen molar-refractivity contribution in [2.24, 2.45) is 23.0 Å². The summed E-state index contributed by atoms with van der Waals surface area (Å²) >= 11 is 0. The van der Waals surface area contributed by atoms with Crippen molar-refractivity contribution in [2.45, 2.75) is 44.6 Å². The van der Waals surface area contributed by atoms with Crippen LogP contribution in [0, 0.1) is 17.3 Å². The average molecular weight is 188 g/mol. The van der Waals surface area contributed by atoms with E-state index in [2.05, 4.69) is 0 Å². The predicted octanol–water partition coefficient (Wildman–Crippen LogP) is 2.34. The van der Waals surface area contributed by atoms with Crippen LogP contribution in [0.3, 0.4) is 0 Å². The Morgan fingerprint density at radius 3 is 2.25 bits per heavy atom. The molecule has 0 aliphatic heterocycles. The maximum atomic E-state index is 6.26. The minimum absolute atomic E-state index is 0. The molecule has 1 nitrogen and oxygen atoms in total. The Hall–Kier alpha value is 0.250. The summed E-state index contributed by atoms with van der Waals surface area (Å²) in [5.41, 5.74) is 6.93. The van der Waals surface area contributed by atoms with Gasteiger partial charge in [0, 0.05) is 6.04 Å². The van der Waals surface area contributed by atoms with Crippen LogP contribution in [0.15, 0.2) is 0 Å². The van der Waals surface area contributed by atoms with Gasteiger partial charge in [-0.1, -0.05) is 6.42 Å². The third-order valence-electron chi connectivity index (χ3n) is 4.74. The molecule has 3 atom stereocenters. The summed E-state index contributed by atoms with van der Waals surface area (Å²) in [6.45, 7) is 0. The molecule has 0 heterocycles. The Morgan fingerprint density at radius 1 is 1.17 bits per heavy atom. The van der Waals surface area contributed by atoms with Crippen LogP contribution < -0.4 is 5.73 Å². The molecule has 0 saturated heterocycles. The van der Waals surface area contributed by atoms with Gasteiger partial charge in [0.05, 0.1) is 0 Å². The molecule has 2 heteroatoms. The smallest absolute Gasteiger partial charge is 0.0127 e. The number of rotatable bonds is 0. The highest BCUT2D eigenvalue weighted by molar-refractivity contribution is 5.85. The lowest BCUT2D eigenvalue weighted by Crippen LogP contribution is -2.50. The number of fused-ring (bicyclic) bond motifs is 3. The van der Waals surface area contributed by atoms with Crippen LogP contribution >= 0.6 is 12.4 Å². The van der Waals surface area contributed by atoms with Gasteiger partial charge in [0.1, 0.15) is 0 Å². The van der Waals surface area contributed by atoms with E-state index in [4.69, 9.17) is 5.73 Å². The first kappa shape index (κ1) is 8.83. The highest BCUT2D eigenvalue weighted by Gasteiger charge is 2.58. The number of hydrogen-bond donors (Lipinski definition) is 1. The van der Waals surface area contributed by atoms with Gasteiger partial charge >= 0.3 is 0 Å². The Kier molecular flexibility index (Phi) is 1.93. The molecule has 0 aromatic carbocycles. The Balaban J connectivity index is 0.000000563. The van der Waals surface area contributed by atoms with Gasteiger partial charge < -0.3 is 5.73 Å². The Morgan fingerprint density at radius 2 is 1.92 bits per heavy atom. The van der Waals surface area contributed by atoms with Gasteiger partial charge in [0.2, 0.25) is 0 Å². The lowest BCUT2D eigenvalue weighted by atomic mass is 9.58. The zero-order valence-corrected chi connectivity index (χ0v) is 8.28. The normalized spacial score (nSPS) is 47.2. The second-order valence-corrected chi connectivity index (χ2v) is 4.88. The topological polar surface area (TPSA) is 26.0 Å². The number of hydrogen-bond acceptors (Lipinski definition) is 1. The van der Waals surface area contributed by atoms with E-state index in [1.807, 2.05) is 0 Å².